The van der Waals surface area contributed by atoms with E-state index in [1.54, 1.807) is 12.1 Å². The smallest absolute Gasteiger partial charge is 0.325 e. The summed E-state index contributed by atoms with van der Waals surface area (Å²) in [5.41, 5.74) is 0.235. The molecule has 0 saturated carbocycles. The normalized spacial score (nSPS) is 18.6. The maximum atomic E-state index is 13.8. The first-order valence-electron chi connectivity index (χ1n) is 6.01. The molecule has 3 nitrogen and oxygen atoms in total. The number of rotatable bonds is 3. The Hall–Kier alpha value is -0.940. The van der Waals surface area contributed by atoms with Gasteiger partial charge in [-0.15, -0.1) is 0 Å². The molecule has 0 amide bonds. The summed E-state index contributed by atoms with van der Waals surface area (Å²) in [5.74, 6) is -1.45. The fraction of sp³-hybridized carbons (Fsp3) is 0.462. The van der Waals surface area contributed by atoms with Crippen molar-refractivity contribution in [2.45, 2.75) is 25.3 Å². The van der Waals surface area contributed by atoms with E-state index >= 15 is 0 Å². The molecular formula is C13H15BrFNO2. The van der Waals surface area contributed by atoms with Gasteiger partial charge in [-0.05, 0) is 44.1 Å². The van der Waals surface area contributed by atoms with E-state index in [4.69, 9.17) is 0 Å². The van der Waals surface area contributed by atoms with Crippen LogP contribution in [0.15, 0.2) is 22.7 Å². The molecule has 1 aromatic rings. The third-order valence-electron chi connectivity index (χ3n) is 3.24. The van der Waals surface area contributed by atoms with Crippen molar-refractivity contribution < 1.29 is 14.3 Å². The summed E-state index contributed by atoms with van der Waals surface area (Å²) in [4.78, 5) is 13.3. The number of hydrogen-bond acceptors (Lipinski definition) is 2. The Morgan fingerprint density at radius 2 is 2.00 bits per heavy atom. The van der Waals surface area contributed by atoms with Gasteiger partial charge in [0.25, 0.3) is 0 Å². The van der Waals surface area contributed by atoms with Crippen molar-refractivity contribution in [3.8, 4) is 0 Å². The van der Waals surface area contributed by atoms with Gasteiger partial charge in [-0.25, -0.2) is 4.39 Å². The van der Waals surface area contributed by atoms with E-state index in [-0.39, 0.29) is 5.56 Å². The van der Waals surface area contributed by atoms with Crippen LogP contribution >= 0.6 is 15.9 Å². The van der Waals surface area contributed by atoms with Crippen molar-refractivity contribution in [3.05, 3.63) is 34.1 Å². The van der Waals surface area contributed by atoms with Crippen molar-refractivity contribution in [2.24, 2.45) is 0 Å². The molecule has 0 bridgehead atoms. The van der Waals surface area contributed by atoms with E-state index in [1.165, 1.54) is 6.07 Å². The Kier molecular flexibility index (Phi) is 4.35. The number of aliphatic carboxylic acids is 1. The third kappa shape index (κ3) is 2.90. The summed E-state index contributed by atoms with van der Waals surface area (Å²) in [6.45, 7) is 1.42. The van der Waals surface area contributed by atoms with Crippen LogP contribution in [0.2, 0.25) is 0 Å². The summed E-state index contributed by atoms with van der Waals surface area (Å²) < 4.78 is 14.5. The van der Waals surface area contributed by atoms with E-state index in [0.717, 1.165) is 19.3 Å². The van der Waals surface area contributed by atoms with Gasteiger partial charge in [-0.2, -0.15) is 0 Å². The molecule has 0 spiro atoms. The molecule has 2 rings (SSSR count). The highest BCUT2D eigenvalue weighted by Gasteiger charge is 2.30. The number of carboxylic acid groups (broad SMARTS) is 1. The number of carboxylic acids is 1. The van der Waals surface area contributed by atoms with E-state index < -0.39 is 17.8 Å². The quantitative estimate of drug-likeness (QED) is 0.931. The monoisotopic (exact) mass is 315 g/mol. The molecule has 1 aliphatic rings. The zero-order valence-corrected chi connectivity index (χ0v) is 11.5. The summed E-state index contributed by atoms with van der Waals surface area (Å²) in [6.07, 6.45) is 3.06. The predicted octanol–water partition coefficient (Wildman–Crippen LogP) is 3.20. The number of halogens is 2. The molecule has 5 heteroatoms. The van der Waals surface area contributed by atoms with Gasteiger partial charge in [0, 0.05) is 10.0 Å². The molecule has 0 aromatic heterocycles. The molecule has 1 aliphatic heterocycles. The maximum absolute atomic E-state index is 13.8. The first-order valence-corrected chi connectivity index (χ1v) is 6.80. The topological polar surface area (TPSA) is 40.5 Å². The van der Waals surface area contributed by atoms with Crippen molar-refractivity contribution >= 4 is 21.9 Å². The van der Waals surface area contributed by atoms with Crippen LogP contribution < -0.4 is 0 Å². The fourth-order valence-corrected chi connectivity index (χ4v) is 2.77. The second-order valence-electron chi connectivity index (χ2n) is 4.50. The van der Waals surface area contributed by atoms with Crippen LogP contribution in [0.5, 0.6) is 0 Å². The molecule has 1 N–H and O–H groups in total. The number of carbonyl (C=O) groups is 1. The second kappa shape index (κ2) is 5.80. The van der Waals surface area contributed by atoms with Crippen molar-refractivity contribution in [1.82, 2.24) is 4.90 Å². The average molecular weight is 316 g/mol. The van der Waals surface area contributed by atoms with Crippen LogP contribution in [0.1, 0.15) is 30.9 Å². The van der Waals surface area contributed by atoms with Crippen LogP contribution in [-0.4, -0.2) is 29.1 Å². The van der Waals surface area contributed by atoms with Crippen LogP contribution in [0, 0.1) is 5.82 Å². The lowest BCUT2D eigenvalue weighted by Crippen LogP contribution is -2.38. The summed E-state index contributed by atoms with van der Waals surface area (Å²) >= 11 is 3.26. The molecule has 1 unspecified atom stereocenters. The molecule has 18 heavy (non-hydrogen) atoms. The minimum atomic E-state index is -0.992. The molecule has 1 heterocycles. The SMILES string of the molecule is O=C(O)C(c1cc(Br)ccc1F)N1CCCCC1. The Morgan fingerprint density at radius 3 is 2.61 bits per heavy atom. The molecule has 98 valence electrons. The third-order valence-corrected chi connectivity index (χ3v) is 3.74. The minimum Gasteiger partial charge on any atom is -0.480 e. The number of nitrogens with zero attached hydrogens (tertiary/aromatic N) is 1. The highest BCUT2D eigenvalue weighted by molar-refractivity contribution is 9.10. The summed E-state index contributed by atoms with van der Waals surface area (Å²) in [6, 6.07) is 3.55. The Labute approximate surface area is 114 Å². The van der Waals surface area contributed by atoms with Crippen molar-refractivity contribution in [1.29, 1.82) is 0 Å². The summed E-state index contributed by atoms with van der Waals surface area (Å²) in [7, 11) is 0. The first-order chi connectivity index (χ1) is 8.59. The van der Waals surface area contributed by atoms with Crippen molar-refractivity contribution in [2.75, 3.05) is 13.1 Å². The largest absolute Gasteiger partial charge is 0.480 e. The number of hydrogen-bond donors (Lipinski definition) is 1. The number of piperidine rings is 1. The molecular weight excluding hydrogens is 301 g/mol. The van der Waals surface area contributed by atoms with Crippen LogP contribution in [0.3, 0.4) is 0 Å². The molecule has 1 saturated heterocycles. The highest BCUT2D eigenvalue weighted by Crippen LogP contribution is 2.29. The Morgan fingerprint density at radius 1 is 1.33 bits per heavy atom. The van der Waals surface area contributed by atoms with Gasteiger partial charge in [0.2, 0.25) is 0 Å². The standard InChI is InChI=1S/C13H15BrFNO2/c14-9-4-5-11(15)10(8-9)12(13(17)18)16-6-2-1-3-7-16/h4-5,8,12H,1-3,6-7H2,(H,17,18). The second-order valence-corrected chi connectivity index (χ2v) is 5.42. The number of likely N-dealkylation sites (tertiary alicyclic amines) is 1. The van der Waals surface area contributed by atoms with Crippen molar-refractivity contribution in [3.63, 3.8) is 0 Å². The lowest BCUT2D eigenvalue weighted by molar-refractivity contribution is -0.144. The number of benzene rings is 1. The average Bonchev–Trinajstić information content (AvgIpc) is 2.35. The maximum Gasteiger partial charge on any atom is 0.325 e. The van der Waals surface area contributed by atoms with E-state index in [2.05, 4.69) is 15.9 Å². The van der Waals surface area contributed by atoms with Gasteiger partial charge in [0.15, 0.2) is 0 Å². The van der Waals surface area contributed by atoms with Gasteiger partial charge in [0.1, 0.15) is 11.9 Å². The van der Waals surface area contributed by atoms with Crippen LogP contribution in [0.4, 0.5) is 4.39 Å². The molecule has 1 atom stereocenters. The Balaban J connectivity index is 2.34. The molecule has 0 aliphatic carbocycles. The Bertz CT molecular complexity index is 447. The predicted molar refractivity (Wildman–Crippen MR) is 69.9 cm³/mol. The molecule has 1 fully saturated rings. The molecule has 1 aromatic carbocycles. The van der Waals surface area contributed by atoms with Gasteiger partial charge >= 0.3 is 5.97 Å². The van der Waals surface area contributed by atoms with Crippen LogP contribution in [0.25, 0.3) is 0 Å². The van der Waals surface area contributed by atoms with Gasteiger partial charge in [-0.3, -0.25) is 9.69 Å². The van der Waals surface area contributed by atoms with Crippen LogP contribution in [-0.2, 0) is 4.79 Å². The van der Waals surface area contributed by atoms with Gasteiger partial charge in [-0.1, -0.05) is 22.4 Å². The van der Waals surface area contributed by atoms with Gasteiger partial charge in [0.05, 0.1) is 0 Å². The lowest BCUT2D eigenvalue weighted by atomic mass is 10.0. The summed E-state index contributed by atoms with van der Waals surface area (Å²) in [5, 5.41) is 9.37. The lowest BCUT2D eigenvalue weighted by Gasteiger charge is -2.32. The highest BCUT2D eigenvalue weighted by atomic mass is 79.9. The zero-order chi connectivity index (χ0) is 13.1. The first kappa shape index (κ1) is 13.5. The van der Waals surface area contributed by atoms with E-state index in [9.17, 15) is 14.3 Å². The van der Waals surface area contributed by atoms with E-state index in [0.29, 0.717) is 17.6 Å². The molecule has 0 radical (unpaired) electrons. The fourth-order valence-electron chi connectivity index (χ4n) is 2.39. The van der Waals surface area contributed by atoms with Gasteiger partial charge < -0.3 is 5.11 Å². The zero-order valence-electron chi connectivity index (χ0n) is 9.90. The van der Waals surface area contributed by atoms with E-state index in [1.807, 2.05) is 4.90 Å². The minimum absolute atomic E-state index is 0.235.